The molecule has 3 rings (SSSR count). The van der Waals surface area contributed by atoms with Gasteiger partial charge in [-0.15, -0.1) is 0 Å². The molecular weight excluding hydrogens is 684 g/mol. The summed E-state index contributed by atoms with van der Waals surface area (Å²) in [6, 6.07) is 8.23. The van der Waals surface area contributed by atoms with Crippen LogP contribution < -0.4 is 19.5 Å². The number of anilines is 1. The summed E-state index contributed by atoms with van der Waals surface area (Å²) in [5, 5.41) is 2.71. The Labute approximate surface area is 272 Å². The molecule has 17 heteroatoms. The third-order valence-electron chi connectivity index (χ3n) is 6.09. The number of rotatable bonds is 12. The molecule has 0 aliphatic rings. The van der Waals surface area contributed by atoms with E-state index in [1.165, 1.54) is 24.3 Å². The lowest BCUT2D eigenvalue weighted by atomic mass is 10.1. The Balaban J connectivity index is 1.92. The van der Waals surface area contributed by atoms with E-state index in [0.717, 1.165) is 24.4 Å². The van der Waals surface area contributed by atoms with Crippen LogP contribution in [0.3, 0.4) is 0 Å². The first-order valence-electron chi connectivity index (χ1n) is 13.2. The molecule has 2 aromatic carbocycles. The zero-order valence-corrected chi connectivity index (χ0v) is 27.3. The molecule has 244 valence electrons. The number of hydrogen-bond donors (Lipinski definition) is 2. The SMILES string of the molecule is CC(C)N(CCNC(=O)c1ccc(Oc2ncc(Cl)cc2NS(=O)(=O)c2ccc(Cl)c(Cl)c2)cc1OC(=O)C(F)(F)F)C(C)C. The summed E-state index contributed by atoms with van der Waals surface area (Å²) in [5.41, 5.74) is -0.644. The first-order valence-corrected chi connectivity index (χ1v) is 15.8. The number of hydrogen-bond acceptors (Lipinski definition) is 8. The molecule has 0 saturated heterocycles. The maximum Gasteiger partial charge on any atom is 0.491 e. The van der Waals surface area contributed by atoms with E-state index in [1.807, 2.05) is 27.7 Å². The summed E-state index contributed by atoms with van der Waals surface area (Å²) in [6.07, 6.45) is -4.24. The van der Waals surface area contributed by atoms with Crippen LogP contribution >= 0.6 is 34.8 Å². The molecule has 0 atom stereocenters. The minimum absolute atomic E-state index is 0.00880. The Morgan fingerprint density at radius 1 is 0.978 bits per heavy atom. The number of nitrogens with zero attached hydrogens (tertiary/aromatic N) is 2. The van der Waals surface area contributed by atoms with Crippen molar-refractivity contribution in [2.45, 2.75) is 50.9 Å². The van der Waals surface area contributed by atoms with Gasteiger partial charge in [0.15, 0.2) is 0 Å². The quantitative estimate of drug-likeness (QED) is 0.153. The minimum atomic E-state index is -5.37. The number of carbonyl (C=O) groups is 2. The van der Waals surface area contributed by atoms with Gasteiger partial charge in [0.1, 0.15) is 17.2 Å². The molecule has 1 heterocycles. The molecule has 3 aromatic rings. The number of alkyl halides is 3. The average molecular weight is 712 g/mol. The van der Waals surface area contributed by atoms with E-state index < -0.39 is 33.8 Å². The lowest BCUT2D eigenvalue weighted by molar-refractivity contribution is -0.189. The number of nitrogens with one attached hydrogen (secondary N) is 2. The Kier molecular flexibility index (Phi) is 11.9. The number of aromatic nitrogens is 1. The van der Waals surface area contributed by atoms with Crippen molar-refractivity contribution in [1.29, 1.82) is 0 Å². The van der Waals surface area contributed by atoms with E-state index in [-0.39, 0.29) is 61.5 Å². The molecule has 0 bridgehead atoms. The Morgan fingerprint density at radius 2 is 1.64 bits per heavy atom. The van der Waals surface area contributed by atoms with Gasteiger partial charge >= 0.3 is 12.1 Å². The Morgan fingerprint density at radius 3 is 2.24 bits per heavy atom. The van der Waals surface area contributed by atoms with Gasteiger partial charge in [0.05, 0.1) is 25.5 Å². The number of sulfonamides is 1. The van der Waals surface area contributed by atoms with E-state index in [9.17, 15) is 31.2 Å². The molecule has 0 aliphatic carbocycles. The van der Waals surface area contributed by atoms with Crippen molar-refractivity contribution < 1.29 is 40.7 Å². The molecule has 2 N–H and O–H groups in total. The van der Waals surface area contributed by atoms with Crippen molar-refractivity contribution in [2.24, 2.45) is 0 Å². The highest BCUT2D eigenvalue weighted by Crippen LogP contribution is 2.35. The van der Waals surface area contributed by atoms with Crippen molar-refractivity contribution >= 4 is 62.4 Å². The van der Waals surface area contributed by atoms with Crippen LogP contribution in [0, 0.1) is 0 Å². The zero-order valence-electron chi connectivity index (χ0n) is 24.2. The van der Waals surface area contributed by atoms with Crippen LogP contribution in [0.5, 0.6) is 17.4 Å². The van der Waals surface area contributed by atoms with Crippen LogP contribution in [-0.2, 0) is 14.8 Å². The summed E-state index contributed by atoms with van der Waals surface area (Å²) in [7, 11) is -4.29. The fraction of sp³-hybridized carbons (Fsp3) is 0.321. The predicted octanol–water partition coefficient (Wildman–Crippen LogP) is 6.95. The number of esters is 1. The summed E-state index contributed by atoms with van der Waals surface area (Å²) >= 11 is 17.8. The van der Waals surface area contributed by atoms with Crippen LogP contribution in [-0.4, -0.2) is 61.5 Å². The lowest BCUT2D eigenvalue weighted by Crippen LogP contribution is -2.42. The number of benzene rings is 2. The maximum absolute atomic E-state index is 13.1. The first-order chi connectivity index (χ1) is 20.9. The molecule has 0 aliphatic heterocycles. The highest BCUT2D eigenvalue weighted by atomic mass is 35.5. The van der Waals surface area contributed by atoms with Crippen molar-refractivity contribution in [3.8, 4) is 17.4 Å². The van der Waals surface area contributed by atoms with Gasteiger partial charge < -0.3 is 14.8 Å². The molecule has 45 heavy (non-hydrogen) atoms. The maximum atomic E-state index is 13.1. The number of halogens is 6. The molecule has 1 amide bonds. The highest BCUT2D eigenvalue weighted by Gasteiger charge is 2.42. The van der Waals surface area contributed by atoms with Gasteiger partial charge in [-0.3, -0.25) is 14.4 Å². The van der Waals surface area contributed by atoms with Crippen molar-refractivity contribution in [2.75, 3.05) is 17.8 Å². The molecule has 0 unspecified atom stereocenters. The standard InChI is InChI=1S/C28H28Cl3F3N4O6S/c1-15(2)38(16(3)4)10-9-35-25(39)20-7-5-18(12-24(20)44-27(40)28(32,33)34)43-26-23(11-17(29)14-36-26)37-45(41,42)19-6-8-21(30)22(31)13-19/h5-8,11-16,37H,9-10H2,1-4H3,(H,35,39). The van der Waals surface area contributed by atoms with E-state index in [0.29, 0.717) is 6.54 Å². The van der Waals surface area contributed by atoms with Crippen LogP contribution in [0.2, 0.25) is 15.1 Å². The molecule has 1 aromatic heterocycles. The minimum Gasteiger partial charge on any atom is -0.437 e. The first kappa shape index (κ1) is 36.2. The van der Waals surface area contributed by atoms with Gasteiger partial charge in [0.2, 0.25) is 5.88 Å². The molecular formula is C28H28Cl3F3N4O6S. The van der Waals surface area contributed by atoms with Gasteiger partial charge in [-0.2, -0.15) is 13.2 Å². The topological polar surface area (TPSA) is 127 Å². The van der Waals surface area contributed by atoms with E-state index in [1.54, 1.807) is 0 Å². The van der Waals surface area contributed by atoms with E-state index in [4.69, 9.17) is 39.5 Å². The fourth-order valence-electron chi connectivity index (χ4n) is 4.04. The van der Waals surface area contributed by atoms with Gasteiger partial charge in [0, 0.05) is 37.4 Å². The van der Waals surface area contributed by atoms with E-state index >= 15 is 0 Å². The second kappa shape index (κ2) is 14.9. The molecule has 0 saturated carbocycles. The Hall–Kier alpha value is -3.30. The smallest absolute Gasteiger partial charge is 0.437 e. The second-order valence-corrected chi connectivity index (χ2v) is 12.9. The lowest BCUT2D eigenvalue weighted by Gasteiger charge is -2.30. The molecule has 0 radical (unpaired) electrons. The van der Waals surface area contributed by atoms with Crippen molar-refractivity contribution in [3.05, 3.63) is 69.3 Å². The average Bonchev–Trinajstić information content (AvgIpc) is 2.93. The molecule has 10 nitrogen and oxygen atoms in total. The molecule has 0 fully saturated rings. The fourth-order valence-corrected chi connectivity index (χ4v) is 5.64. The van der Waals surface area contributed by atoms with Crippen LogP contribution in [0.4, 0.5) is 18.9 Å². The third-order valence-corrected chi connectivity index (χ3v) is 8.40. The van der Waals surface area contributed by atoms with Crippen LogP contribution in [0.1, 0.15) is 38.1 Å². The summed E-state index contributed by atoms with van der Waals surface area (Å²) < 4.78 is 77.7. The van der Waals surface area contributed by atoms with Gasteiger partial charge in [-0.25, -0.2) is 18.2 Å². The zero-order chi connectivity index (χ0) is 33.7. The van der Waals surface area contributed by atoms with Crippen molar-refractivity contribution in [3.63, 3.8) is 0 Å². The van der Waals surface area contributed by atoms with E-state index in [2.05, 4.69) is 24.7 Å². The summed E-state index contributed by atoms with van der Waals surface area (Å²) in [6.45, 7) is 8.52. The highest BCUT2D eigenvalue weighted by molar-refractivity contribution is 7.92. The number of ether oxygens (including phenoxy) is 2. The Bertz CT molecular complexity index is 1670. The van der Waals surface area contributed by atoms with Crippen LogP contribution in [0.15, 0.2) is 53.6 Å². The van der Waals surface area contributed by atoms with Crippen LogP contribution in [0.25, 0.3) is 0 Å². The second-order valence-electron chi connectivity index (χ2n) is 10.0. The number of carbonyl (C=O) groups excluding carboxylic acids is 2. The number of pyridine rings is 1. The number of amides is 1. The van der Waals surface area contributed by atoms with Gasteiger partial charge in [-0.1, -0.05) is 34.8 Å². The predicted molar refractivity (Wildman–Crippen MR) is 164 cm³/mol. The summed E-state index contributed by atoms with van der Waals surface area (Å²) in [4.78, 5) is 30.5. The van der Waals surface area contributed by atoms with Gasteiger partial charge in [-0.05, 0) is 64.1 Å². The monoisotopic (exact) mass is 710 g/mol. The third kappa shape index (κ3) is 9.84. The normalized spacial score (nSPS) is 12.0. The summed E-state index contributed by atoms with van der Waals surface area (Å²) in [5.74, 6) is -4.77. The molecule has 0 spiro atoms. The van der Waals surface area contributed by atoms with Gasteiger partial charge in [0.25, 0.3) is 15.9 Å². The largest absolute Gasteiger partial charge is 0.491 e. The van der Waals surface area contributed by atoms with Crippen molar-refractivity contribution in [1.82, 2.24) is 15.2 Å².